The maximum Gasteiger partial charge on any atom is 0.303 e. The van der Waals surface area contributed by atoms with Crippen molar-refractivity contribution in [1.82, 2.24) is 21.3 Å². The number of rotatable bonds is 12. The summed E-state index contributed by atoms with van der Waals surface area (Å²) in [6.07, 6.45) is 0.0694. The maximum atomic E-state index is 12.3. The lowest BCUT2D eigenvalue weighted by Crippen LogP contribution is -2.54. The minimum Gasteiger partial charge on any atom is -0.481 e. The van der Waals surface area contributed by atoms with E-state index in [0.29, 0.717) is 13.0 Å². The van der Waals surface area contributed by atoms with Gasteiger partial charge in [0.05, 0.1) is 6.42 Å². The second kappa shape index (κ2) is 13.0. The van der Waals surface area contributed by atoms with Gasteiger partial charge in [0.25, 0.3) is 0 Å². The van der Waals surface area contributed by atoms with E-state index in [9.17, 15) is 24.0 Å². The monoisotopic (exact) mass is 434 g/mol. The summed E-state index contributed by atoms with van der Waals surface area (Å²) in [5.41, 5.74) is 1.08. The molecule has 0 spiro atoms. The molecule has 0 aromatic heterocycles. The summed E-state index contributed by atoms with van der Waals surface area (Å²) in [7, 11) is 0. The normalized spacial score (nSPS) is 13.3. The number of carboxylic acid groups (broad SMARTS) is 1. The predicted molar refractivity (Wildman–Crippen MR) is 113 cm³/mol. The molecular formula is C21H30N4O6. The lowest BCUT2D eigenvalue weighted by molar-refractivity contribution is -0.139. The van der Waals surface area contributed by atoms with Crippen molar-refractivity contribution in [3.05, 3.63) is 35.9 Å². The molecule has 0 unspecified atom stereocenters. The predicted octanol–water partition coefficient (Wildman–Crippen LogP) is -0.276. The number of aliphatic carboxylic acids is 1. The van der Waals surface area contributed by atoms with E-state index in [-0.39, 0.29) is 18.7 Å². The van der Waals surface area contributed by atoms with Gasteiger partial charge in [-0.1, -0.05) is 30.3 Å². The smallest absolute Gasteiger partial charge is 0.303 e. The van der Waals surface area contributed by atoms with E-state index < -0.39 is 41.8 Å². The van der Waals surface area contributed by atoms with E-state index in [1.165, 1.54) is 20.8 Å². The van der Waals surface area contributed by atoms with Crippen LogP contribution in [0.5, 0.6) is 0 Å². The topological polar surface area (TPSA) is 154 Å². The number of carboxylic acids is 1. The van der Waals surface area contributed by atoms with Gasteiger partial charge in [0, 0.05) is 13.0 Å². The first-order valence-electron chi connectivity index (χ1n) is 10.0. The molecule has 0 saturated heterocycles. The van der Waals surface area contributed by atoms with Gasteiger partial charge in [-0.05, 0) is 32.8 Å². The SMILES string of the molecule is C[C@H](NC(=O)CCC(=O)O)C(=O)N[C@@H](C)C(=O)N[C@@H](C)C(=O)NCCc1ccccc1. The number of carbonyl (C=O) groups is 5. The molecule has 0 aliphatic rings. The molecule has 0 heterocycles. The van der Waals surface area contributed by atoms with Crippen molar-refractivity contribution in [2.24, 2.45) is 0 Å². The van der Waals surface area contributed by atoms with Crippen LogP contribution in [-0.2, 0) is 30.4 Å². The van der Waals surface area contributed by atoms with Crippen molar-refractivity contribution in [2.75, 3.05) is 6.54 Å². The molecule has 4 amide bonds. The van der Waals surface area contributed by atoms with Crippen LogP contribution in [0.3, 0.4) is 0 Å². The molecule has 0 bridgehead atoms. The van der Waals surface area contributed by atoms with Crippen LogP contribution in [0.4, 0.5) is 0 Å². The Kier molecular flexibility index (Phi) is 10.7. The van der Waals surface area contributed by atoms with Gasteiger partial charge >= 0.3 is 5.97 Å². The molecular weight excluding hydrogens is 404 g/mol. The van der Waals surface area contributed by atoms with E-state index in [1.54, 1.807) is 0 Å². The van der Waals surface area contributed by atoms with E-state index in [0.717, 1.165) is 5.56 Å². The fraction of sp³-hybridized carbons (Fsp3) is 0.476. The third kappa shape index (κ3) is 10.2. The number of nitrogens with one attached hydrogen (secondary N) is 4. The summed E-state index contributed by atoms with van der Waals surface area (Å²) in [6.45, 7) is 4.83. The molecule has 0 aliphatic carbocycles. The number of hydrogen-bond acceptors (Lipinski definition) is 5. The number of carbonyl (C=O) groups excluding carboxylic acids is 4. The Morgan fingerprint density at radius 2 is 1.29 bits per heavy atom. The van der Waals surface area contributed by atoms with Gasteiger partial charge in [0.15, 0.2) is 0 Å². The van der Waals surface area contributed by atoms with Crippen molar-refractivity contribution < 1.29 is 29.1 Å². The summed E-state index contributed by atoms with van der Waals surface area (Å²) < 4.78 is 0. The summed E-state index contributed by atoms with van der Waals surface area (Å²) in [5.74, 6) is -3.20. The van der Waals surface area contributed by atoms with E-state index in [1.807, 2.05) is 30.3 Å². The third-order valence-electron chi connectivity index (χ3n) is 4.40. The average Bonchev–Trinajstić information content (AvgIpc) is 2.72. The second-order valence-electron chi connectivity index (χ2n) is 7.17. The molecule has 1 rings (SSSR count). The van der Waals surface area contributed by atoms with Crippen LogP contribution in [0.15, 0.2) is 30.3 Å². The Hall–Kier alpha value is -3.43. The van der Waals surface area contributed by atoms with Gasteiger partial charge in [0.1, 0.15) is 18.1 Å². The summed E-state index contributed by atoms with van der Waals surface area (Å²) in [5, 5.41) is 18.6. The van der Waals surface area contributed by atoms with E-state index in [2.05, 4.69) is 21.3 Å². The minimum atomic E-state index is -1.12. The highest BCUT2D eigenvalue weighted by molar-refractivity contribution is 5.93. The quantitative estimate of drug-likeness (QED) is 0.305. The molecule has 170 valence electrons. The molecule has 1 aromatic rings. The van der Waals surface area contributed by atoms with E-state index in [4.69, 9.17) is 5.11 Å². The Bertz CT molecular complexity index is 783. The molecule has 5 N–H and O–H groups in total. The Balaban J connectivity index is 2.37. The molecule has 1 aromatic carbocycles. The average molecular weight is 434 g/mol. The molecule has 0 saturated carbocycles. The zero-order valence-electron chi connectivity index (χ0n) is 17.9. The highest BCUT2D eigenvalue weighted by Crippen LogP contribution is 1.98. The fourth-order valence-electron chi connectivity index (χ4n) is 2.54. The Labute approximate surface area is 181 Å². The summed E-state index contributed by atoms with van der Waals surface area (Å²) in [4.78, 5) is 58.6. The first-order chi connectivity index (χ1) is 14.6. The van der Waals surface area contributed by atoms with Gasteiger partial charge < -0.3 is 26.4 Å². The van der Waals surface area contributed by atoms with Gasteiger partial charge in [-0.15, -0.1) is 0 Å². The maximum absolute atomic E-state index is 12.3. The van der Waals surface area contributed by atoms with Crippen molar-refractivity contribution in [1.29, 1.82) is 0 Å². The third-order valence-corrected chi connectivity index (χ3v) is 4.40. The van der Waals surface area contributed by atoms with Gasteiger partial charge in [-0.3, -0.25) is 24.0 Å². The number of benzene rings is 1. The van der Waals surface area contributed by atoms with Crippen LogP contribution in [0.2, 0.25) is 0 Å². The van der Waals surface area contributed by atoms with Crippen LogP contribution in [0, 0.1) is 0 Å². The lowest BCUT2D eigenvalue weighted by Gasteiger charge is -2.20. The highest BCUT2D eigenvalue weighted by atomic mass is 16.4. The molecule has 31 heavy (non-hydrogen) atoms. The van der Waals surface area contributed by atoms with Crippen molar-refractivity contribution in [3.8, 4) is 0 Å². The standard InChI is InChI=1S/C21H30N4O6/c1-13(19(29)22-12-11-16-7-5-4-6-8-16)24-21(31)15(3)25-20(30)14(2)23-17(26)9-10-18(27)28/h4-8,13-15H,9-12H2,1-3H3,(H,22,29)(H,23,26)(H,24,31)(H,25,30)(H,27,28)/t13-,14-,15-/m0/s1. The first-order valence-corrected chi connectivity index (χ1v) is 10.0. The van der Waals surface area contributed by atoms with Crippen molar-refractivity contribution >= 4 is 29.6 Å². The van der Waals surface area contributed by atoms with Crippen LogP contribution in [-0.4, -0.2) is 59.4 Å². The lowest BCUT2D eigenvalue weighted by atomic mass is 10.1. The highest BCUT2D eigenvalue weighted by Gasteiger charge is 2.23. The molecule has 0 fully saturated rings. The second-order valence-corrected chi connectivity index (χ2v) is 7.17. The first kappa shape index (κ1) is 25.6. The largest absolute Gasteiger partial charge is 0.481 e. The van der Waals surface area contributed by atoms with Gasteiger partial charge in [0.2, 0.25) is 23.6 Å². The van der Waals surface area contributed by atoms with Gasteiger partial charge in [-0.2, -0.15) is 0 Å². The summed E-state index contributed by atoms with van der Waals surface area (Å²) >= 11 is 0. The minimum absolute atomic E-state index is 0.250. The summed E-state index contributed by atoms with van der Waals surface area (Å²) in [6, 6.07) is 6.97. The zero-order valence-corrected chi connectivity index (χ0v) is 17.9. The molecule has 3 atom stereocenters. The number of hydrogen-bond donors (Lipinski definition) is 5. The molecule has 10 nitrogen and oxygen atoms in total. The molecule has 0 radical (unpaired) electrons. The number of amides is 4. The van der Waals surface area contributed by atoms with Crippen LogP contribution in [0.25, 0.3) is 0 Å². The Morgan fingerprint density at radius 3 is 1.84 bits per heavy atom. The van der Waals surface area contributed by atoms with E-state index >= 15 is 0 Å². The molecule has 0 aliphatic heterocycles. The van der Waals surface area contributed by atoms with Crippen LogP contribution < -0.4 is 21.3 Å². The Morgan fingerprint density at radius 1 is 0.774 bits per heavy atom. The zero-order chi connectivity index (χ0) is 23.4. The fourth-order valence-corrected chi connectivity index (χ4v) is 2.54. The van der Waals surface area contributed by atoms with Crippen LogP contribution >= 0.6 is 0 Å². The van der Waals surface area contributed by atoms with Crippen molar-refractivity contribution in [3.63, 3.8) is 0 Å². The van der Waals surface area contributed by atoms with Gasteiger partial charge in [-0.25, -0.2) is 0 Å². The van der Waals surface area contributed by atoms with Crippen LogP contribution in [0.1, 0.15) is 39.2 Å². The van der Waals surface area contributed by atoms with Crippen molar-refractivity contribution in [2.45, 2.75) is 58.2 Å². The molecule has 10 heteroatoms.